The van der Waals surface area contributed by atoms with Crippen molar-refractivity contribution in [2.75, 3.05) is 23.3 Å². The number of anilines is 2. The van der Waals surface area contributed by atoms with Crippen LogP contribution in [0.25, 0.3) is 28.0 Å². The Bertz CT molecular complexity index is 2030. The van der Waals surface area contributed by atoms with E-state index in [2.05, 4.69) is 21.9 Å². The van der Waals surface area contributed by atoms with Gasteiger partial charge in [0.25, 0.3) is 5.56 Å². The van der Waals surface area contributed by atoms with Crippen molar-refractivity contribution in [3.8, 4) is 22.7 Å². The van der Waals surface area contributed by atoms with E-state index in [9.17, 15) is 19.5 Å². The minimum Gasteiger partial charge on any atom is -0.507 e. The number of hydrogen-bond donors (Lipinski definition) is 2. The van der Waals surface area contributed by atoms with Crippen molar-refractivity contribution in [1.29, 1.82) is 0 Å². The molecule has 0 unspecified atom stereocenters. The monoisotopic (exact) mass is 641 g/mol. The summed E-state index contributed by atoms with van der Waals surface area (Å²) in [5.74, 6) is -1.55. The predicted molar refractivity (Wildman–Crippen MR) is 170 cm³/mol. The first kappa shape index (κ1) is 28.6. The lowest BCUT2D eigenvalue weighted by molar-refractivity contribution is -0.130. The van der Waals surface area contributed by atoms with Crippen LogP contribution in [0.4, 0.5) is 15.8 Å². The van der Waals surface area contributed by atoms with E-state index in [1.165, 1.54) is 35.2 Å². The second-order valence-electron chi connectivity index (χ2n) is 12.4. The number of pyridine rings is 2. The molecule has 3 aromatic heterocycles. The normalized spacial score (nSPS) is 20.7. The van der Waals surface area contributed by atoms with Gasteiger partial charge < -0.3 is 20.2 Å². The molecule has 2 aliphatic carbocycles. The maximum absolute atomic E-state index is 15.2. The summed E-state index contributed by atoms with van der Waals surface area (Å²) in [7, 11) is 0. The summed E-state index contributed by atoms with van der Waals surface area (Å²) >= 11 is 6.84. The lowest BCUT2D eigenvalue weighted by Crippen LogP contribution is -2.64. The molecule has 8 rings (SSSR count). The number of phenolic OH excluding ortho intramolecular Hbond substituents is 1. The maximum Gasteiger partial charge on any atom is 0.282 e. The molecule has 2 saturated carbocycles. The number of piperazine rings is 1. The molecule has 46 heavy (non-hydrogen) atoms. The molecular weight excluding hydrogens is 613 g/mol. The molecule has 5 heterocycles. The van der Waals surface area contributed by atoms with Gasteiger partial charge >= 0.3 is 0 Å². The first-order valence-corrected chi connectivity index (χ1v) is 15.7. The van der Waals surface area contributed by atoms with Gasteiger partial charge in [-0.25, -0.2) is 19.3 Å². The summed E-state index contributed by atoms with van der Waals surface area (Å²) in [4.78, 5) is 58.6. The third-order valence-electron chi connectivity index (χ3n) is 9.37. The second kappa shape index (κ2) is 10.3. The zero-order valence-corrected chi connectivity index (χ0v) is 25.6. The number of nitrogens with zero attached hydrogens (tertiary/aromatic N) is 6. The third kappa shape index (κ3) is 4.30. The van der Waals surface area contributed by atoms with Crippen LogP contribution in [-0.2, 0) is 9.59 Å². The number of phenols is 1. The van der Waals surface area contributed by atoms with E-state index >= 15 is 4.39 Å². The molecule has 1 aromatic carbocycles. The molecule has 11 nitrogen and oxygen atoms in total. The summed E-state index contributed by atoms with van der Waals surface area (Å²) in [6.07, 6.45) is 6.37. The van der Waals surface area contributed by atoms with Crippen molar-refractivity contribution >= 4 is 45.8 Å². The van der Waals surface area contributed by atoms with Crippen LogP contribution in [0.15, 0.2) is 48.0 Å². The molecule has 2 atom stereocenters. The zero-order valence-electron chi connectivity index (χ0n) is 24.8. The number of carbonyl (C=O) groups is 2. The quantitative estimate of drug-likeness (QED) is 0.301. The Morgan fingerprint density at radius 1 is 1.11 bits per heavy atom. The second-order valence-corrected chi connectivity index (χ2v) is 12.8. The van der Waals surface area contributed by atoms with Gasteiger partial charge in [-0.2, -0.15) is 0 Å². The molecule has 2 aliphatic heterocycles. The van der Waals surface area contributed by atoms with Crippen molar-refractivity contribution in [1.82, 2.24) is 24.4 Å². The molecule has 3 fully saturated rings. The first-order valence-electron chi connectivity index (χ1n) is 15.3. The number of rotatable bonds is 5. The number of carbonyl (C=O) groups excluding carboxylic acids is 2. The number of halogens is 2. The highest BCUT2D eigenvalue weighted by molar-refractivity contribution is 6.34. The van der Waals surface area contributed by atoms with E-state index in [1.807, 2.05) is 11.8 Å². The summed E-state index contributed by atoms with van der Waals surface area (Å²) in [6, 6.07) is 4.39. The Labute approximate surface area is 267 Å². The average molecular weight is 642 g/mol. The number of hydrogen-bond acceptors (Lipinski definition) is 8. The van der Waals surface area contributed by atoms with Crippen molar-refractivity contribution in [2.24, 2.45) is 0 Å². The molecule has 4 aliphatic rings. The number of fused-ring (bicyclic) bond motifs is 5. The summed E-state index contributed by atoms with van der Waals surface area (Å²) in [6.45, 7) is 5.78. The Balaban J connectivity index is 1.46. The molecule has 13 heteroatoms. The largest absolute Gasteiger partial charge is 0.507 e. The molecule has 0 radical (unpaired) electrons. The Morgan fingerprint density at radius 3 is 2.43 bits per heavy atom. The summed E-state index contributed by atoms with van der Waals surface area (Å²) in [5, 5.41) is 14.0. The van der Waals surface area contributed by atoms with Crippen LogP contribution in [0.1, 0.15) is 55.8 Å². The minimum atomic E-state index is -0.802. The van der Waals surface area contributed by atoms with Gasteiger partial charge in [0.15, 0.2) is 5.65 Å². The van der Waals surface area contributed by atoms with Gasteiger partial charge in [-0.05, 0) is 56.9 Å². The number of nitrogens with one attached hydrogen (secondary N) is 1. The summed E-state index contributed by atoms with van der Waals surface area (Å²) < 4.78 is 16.7. The fourth-order valence-corrected chi connectivity index (χ4v) is 7.08. The van der Waals surface area contributed by atoms with Crippen LogP contribution in [0.5, 0.6) is 5.75 Å². The van der Waals surface area contributed by atoms with E-state index in [1.54, 1.807) is 11.0 Å². The average Bonchev–Trinajstić information content (AvgIpc) is 3.95. The number of aromatic nitrogens is 4. The van der Waals surface area contributed by atoms with E-state index in [4.69, 9.17) is 16.6 Å². The highest BCUT2D eigenvalue weighted by atomic mass is 35.5. The van der Waals surface area contributed by atoms with Crippen LogP contribution in [0, 0.1) is 5.82 Å². The molecule has 234 valence electrons. The van der Waals surface area contributed by atoms with Crippen LogP contribution in [0.2, 0.25) is 5.02 Å². The van der Waals surface area contributed by atoms with Crippen LogP contribution in [-0.4, -0.2) is 66.5 Å². The van der Waals surface area contributed by atoms with Crippen molar-refractivity contribution in [3.05, 3.63) is 75.8 Å². The topological polar surface area (TPSA) is 134 Å². The maximum atomic E-state index is 15.2. The minimum absolute atomic E-state index is 0.0383. The highest BCUT2D eigenvalue weighted by Crippen LogP contribution is 2.49. The predicted octanol–water partition coefficient (Wildman–Crippen LogP) is 4.64. The van der Waals surface area contributed by atoms with E-state index in [0.29, 0.717) is 16.8 Å². The van der Waals surface area contributed by atoms with Crippen molar-refractivity contribution in [3.63, 3.8) is 0 Å². The lowest BCUT2D eigenvalue weighted by atomic mass is 9.99. The van der Waals surface area contributed by atoms with Gasteiger partial charge in [0.05, 0.1) is 45.6 Å². The molecule has 4 aromatic rings. The number of amides is 2. The molecular formula is C33H29ClFN7O4. The highest BCUT2D eigenvalue weighted by Gasteiger charge is 2.44. The van der Waals surface area contributed by atoms with E-state index in [-0.39, 0.29) is 70.2 Å². The van der Waals surface area contributed by atoms with Gasteiger partial charge in [0.2, 0.25) is 11.8 Å². The van der Waals surface area contributed by atoms with E-state index < -0.39 is 23.3 Å². The first-order chi connectivity index (χ1) is 22.2. The smallest absolute Gasteiger partial charge is 0.282 e. The van der Waals surface area contributed by atoms with Crippen LogP contribution in [0.3, 0.4) is 0 Å². The van der Waals surface area contributed by atoms with Gasteiger partial charge in [-0.1, -0.05) is 24.2 Å². The van der Waals surface area contributed by atoms with E-state index in [0.717, 1.165) is 37.1 Å². The Morgan fingerprint density at radius 2 is 1.80 bits per heavy atom. The number of aromatic hydroxyl groups is 1. The number of benzene rings is 1. The van der Waals surface area contributed by atoms with Gasteiger partial charge in [-0.3, -0.25) is 19.0 Å². The lowest BCUT2D eigenvalue weighted by Gasteiger charge is -2.48. The molecule has 2 amide bonds. The van der Waals surface area contributed by atoms with Gasteiger partial charge in [0.1, 0.15) is 29.6 Å². The third-order valence-corrected chi connectivity index (χ3v) is 9.66. The zero-order chi connectivity index (χ0) is 32.0. The molecule has 2 N–H and O–H groups in total. The Kier molecular flexibility index (Phi) is 6.44. The SMILES string of the molecule is C=CC(=O)N1C[C@@H]2C(=O)Nc3c(c4cc(Cl)c(-c5c(O)cccc5F)nc4n(-c4c(C5CC5)ncnc4C4CC4)c3=O)N2C[C@H]1C. The summed E-state index contributed by atoms with van der Waals surface area (Å²) in [5.41, 5.74) is 1.81. The van der Waals surface area contributed by atoms with Gasteiger partial charge in [0, 0.05) is 29.8 Å². The molecule has 1 saturated heterocycles. The molecule has 0 bridgehead atoms. The van der Waals surface area contributed by atoms with Crippen molar-refractivity contribution in [2.45, 2.75) is 56.5 Å². The van der Waals surface area contributed by atoms with Gasteiger partial charge in [-0.15, -0.1) is 0 Å². The standard InChI is InChI=1S/C33H29ClFN7O4/c1-3-23(44)40-13-21-32(45)39-28-29(41(21)12-15(40)2)18-11-19(34)27(24-20(35)5-4-6-22(24)43)38-31(18)42(33(28)46)30-25(16-7-8-16)36-14-37-26(30)17-9-10-17/h3-6,11,14-17,21,43H,1,7-10,12-13H2,2H3,(H,39,45)/t15-,21-/m1/s1. The fourth-order valence-electron chi connectivity index (χ4n) is 6.83. The Hall–Kier alpha value is -4.84. The van der Waals surface area contributed by atoms with Crippen LogP contribution >= 0.6 is 11.6 Å². The fraction of sp³-hybridized carbons (Fsp3) is 0.333. The molecule has 0 spiro atoms. The van der Waals surface area contributed by atoms with Crippen LogP contribution < -0.4 is 15.8 Å². The van der Waals surface area contributed by atoms with Crippen molar-refractivity contribution < 1.29 is 19.1 Å².